The molecule has 0 aliphatic rings. The predicted molar refractivity (Wildman–Crippen MR) is 68.5 cm³/mol. The molecule has 0 unspecified atom stereocenters. The molecule has 0 bridgehead atoms. The standard InChI is InChI=1S/C15H14N2/c1-3-12-4-6-14(7-5-12)15-11(2)8-13(9-16)10-17-15/h4-8,10H,3H2,1-2H3. The maximum Gasteiger partial charge on any atom is 0.101 e. The van der Waals surface area contributed by atoms with Crippen LogP contribution >= 0.6 is 0 Å². The molecule has 0 N–H and O–H groups in total. The number of hydrogen-bond acceptors (Lipinski definition) is 2. The van der Waals surface area contributed by atoms with Gasteiger partial charge in [0, 0.05) is 11.8 Å². The van der Waals surface area contributed by atoms with Crippen LogP contribution in [0, 0.1) is 18.3 Å². The molecule has 1 heterocycles. The second-order valence-corrected chi connectivity index (χ2v) is 4.05. The van der Waals surface area contributed by atoms with Gasteiger partial charge in [-0.3, -0.25) is 4.98 Å². The van der Waals surface area contributed by atoms with Crippen molar-refractivity contribution in [3.8, 4) is 17.3 Å². The number of hydrogen-bond donors (Lipinski definition) is 0. The average molecular weight is 222 g/mol. The molecule has 1 aromatic heterocycles. The van der Waals surface area contributed by atoms with E-state index in [0.717, 1.165) is 23.2 Å². The Bertz CT molecular complexity index is 562. The molecule has 0 spiro atoms. The molecular weight excluding hydrogens is 208 g/mol. The summed E-state index contributed by atoms with van der Waals surface area (Å²) in [7, 11) is 0. The number of nitriles is 1. The quantitative estimate of drug-likeness (QED) is 0.779. The molecule has 0 saturated heterocycles. The molecular formula is C15H14N2. The Morgan fingerprint density at radius 3 is 2.47 bits per heavy atom. The molecule has 0 atom stereocenters. The monoisotopic (exact) mass is 222 g/mol. The first-order valence-corrected chi connectivity index (χ1v) is 5.70. The molecule has 0 aliphatic heterocycles. The third kappa shape index (κ3) is 2.34. The van der Waals surface area contributed by atoms with Crippen LogP contribution in [0.1, 0.15) is 23.6 Å². The highest BCUT2D eigenvalue weighted by Gasteiger charge is 2.04. The van der Waals surface area contributed by atoms with Crippen LogP contribution in [0.5, 0.6) is 0 Å². The van der Waals surface area contributed by atoms with Crippen LogP contribution in [-0.2, 0) is 6.42 Å². The molecule has 2 nitrogen and oxygen atoms in total. The Morgan fingerprint density at radius 2 is 1.94 bits per heavy atom. The van der Waals surface area contributed by atoms with E-state index in [1.54, 1.807) is 6.20 Å². The van der Waals surface area contributed by atoms with Crippen LogP contribution in [0.2, 0.25) is 0 Å². The van der Waals surface area contributed by atoms with Crippen molar-refractivity contribution in [2.24, 2.45) is 0 Å². The number of aryl methyl sites for hydroxylation is 2. The van der Waals surface area contributed by atoms with Crippen molar-refractivity contribution in [2.75, 3.05) is 0 Å². The molecule has 0 saturated carbocycles. The van der Waals surface area contributed by atoms with Crippen LogP contribution < -0.4 is 0 Å². The molecule has 84 valence electrons. The largest absolute Gasteiger partial charge is 0.255 e. The Morgan fingerprint density at radius 1 is 1.24 bits per heavy atom. The first kappa shape index (κ1) is 11.3. The SMILES string of the molecule is CCc1ccc(-c2ncc(C#N)cc2C)cc1. The minimum absolute atomic E-state index is 0.608. The second-order valence-electron chi connectivity index (χ2n) is 4.05. The highest BCUT2D eigenvalue weighted by molar-refractivity contribution is 5.63. The van der Waals surface area contributed by atoms with Crippen LogP contribution in [0.15, 0.2) is 36.5 Å². The number of rotatable bonds is 2. The van der Waals surface area contributed by atoms with Crippen molar-refractivity contribution < 1.29 is 0 Å². The zero-order valence-electron chi connectivity index (χ0n) is 10.1. The van der Waals surface area contributed by atoms with Crippen molar-refractivity contribution in [1.82, 2.24) is 4.98 Å². The van der Waals surface area contributed by atoms with Gasteiger partial charge in [-0.1, -0.05) is 31.2 Å². The summed E-state index contributed by atoms with van der Waals surface area (Å²) in [6, 6.07) is 12.4. The first-order chi connectivity index (χ1) is 8.24. The normalized spacial score (nSPS) is 9.94. The summed E-state index contributed by atoms with van der Waals surface area (Å²) in [5, 5.41) is 8.80. The summed E-state index contributed by atoms with van der Waals surface area (Å²) in [6.07, 6.45) is 2.66. The lowest BCUT2D eigenvalue weighted by molar-refractivity contribution is 1.14. The Balaban J connectivity index is 2.42. The number of aromatic nitrogens is 1. The van der Waals surface area contributed by atoms with Crippen LogP contribution in [0.3, 0.4) is 0 Å². The summed E-state index contributed by atoms with van der Waals surface area (Å²) in [4.78, 5) is 4.35. The topological polar surface area (TPSA) is 36.7 Å². The van der Waals surface area contributed by atoms with Gasteiger partial charge in [-0.2, -0.15) is 5.26 Å². The lowest BCUT2D eigenvalue weighted by Gasteiger charge is -2.06. The third-order valence-corrected chi connectivity index (χ3v) is 2.84. The van der Waals surface area contributed by atoms with Crippen molar-refractivity contribution in [3.05, 3.63) is 53.2 Å². The minimum Gasteiger partial charge on any atom is -0.255 e. The summed E-state index contributed by atoms with van der Waals surface area (Å²) in [5.74, 6) is 0. The summed E-state index contributed by atoms with van der Waals surface area (Å²) in [5.41, 5.74) is 5.01. The van der Waals surface area contributed by atoms with E-state index in [-0.39, 0.29) is 0 Å². The fraction of sp³-hybridized carbons (Fsp3) is 0.200. The van der Waals surface area contributed by atoms with Gasteiger partial charge in [0.25, 0.3) is 0 Å². The number of benzene rings is 1. The zero-order chi connectivity index (χ0) is 12.3. The van der Waals surface area contributed by atoms with Gasteiger partial charge < -0.3 is 0 Å². The van der Waals surface area contributed by atoms with E-state index in [0.29, 0.717) is 5.56 Å². The van der Waals surface area contributed by atoms with Gasteiger partial charge in [0.15, 0.2) is 0 Å². The second kappa shape index (κ2) is 4.80. The lowest BCUT2D eigenvalue weighted by Crippen LogP contribution is -1.90. The van der Waals surface area contributed by atoms with E-state index < -0.39 is 0 Å². The Labute approximate surface area is 102 Å². The van der Waals surface area contributed by atoms with Gasteiger partial charge in [0.1, 0.15) is 6.07 Å². The van der Waals surface area contributed by atoms with E-state index in [2.05, 4.69) is 42.2 Å². The zero-order valence-corrected chi connectivity index (χ0v) is 10.1. The molecule has 0 radical (unpaired) electrons. The molecule has 1 aromatic carbocycles. The smallest absolute Gasteiger partial charge is 0.101 e. The van der Waals surface area contributed by atoms with Crippen LogP contribution in [-0.4, -0.2) is 4.98 Å². The van der Waals surface area contributed by atoms with E-state index in [1.165, 1.54) is 5.56 Å². The Kier molecular flexibility index (Phi) is 3.20. The Hall–Kier alpha value is -2.14. The first-order valence-electron chi connectivity index (χ1n) is 5.70. The maximum absolute atomic E-state index is 8.80. The molecule has 0 fully saturated rings. The summed E-state index contributed by atoms with van der Waals surface area (Å²) < 4.78 is 0. The van der Waals surface area contributed by atoms with Crippen molar-refractivity contribution in [1.29, 1.82) is 5.26 Å². The number of nitrogens with zero attached hydrogens (tertiary/aromatic N) is 2. The fourth-order valence-corrected chi connectivity index (χ4v) is 1.84. The van der Waals surface area contributed by atoms with Crippen LogP contribution in [0.4, 0.5) is 0 Å². The highest BCUT2D eigenvalue weighted by Crippen LogP contribution is 2.21. The van der Waals surface area contributed by atoms with E-state index in [9.17, 15) is 0 Å². The maximum atomic E-state index is 8.80. The molecule has 2 heteroatoms. The van der Waals surface area contributed by atoms with Crippen LogP contribution in [0.25, 0.3) is 11.3 Å². The molecule has 2 aromatic rings. The molecule has 0 amide bonds. The van der Waals surface area contributed by atoms with Gasteiger partial charge in [-0.15, -0.1) is 0 Å². The van der Waals surface area contributed by atoms with E-state index >= 15 is 0 Å². The van der Waals surface area contributed by atoms with Crippen molar-refractivity contribution in [3.63, 3.8) is 0 Å². The van der Waals surface area contributed by atoms with Crippen molar-refractivity contribution in [2.45, 2.75) is 20.3 Å². The van der Waals surface area contributed by atoms with Gasteiger partial charge in [0.05, 0.1) is 11.3 Å². The van der Waals surface area contributed by atoms with Gasteiger partial charge >= 0.3 is 0 Å². The van der Waals surface area contributed by atoms with Gasteiger partial charge in [0.2, 0.25) is 0 Å². The predicted octanol–water partition coefficient (Wildman–Crippen LogP) is 3.49. The summed E-state index contributed by atoms with van der Waals surface area (Å²) >= 11 is 0. The molecule has 2 rings (SSSR count). The number of pyridine rings is 1. The lowest BCUT2D eigenvalue weighted by atomic mass is 10.0. The van der Waals surface area contributed by atoms with Gasteiger partial charge in [-0.05, 0) is 30.5 Å². The van der Waals surface area contributed by atoms with Crippen molar-refractivity contribution >= 4 is 0 Å². The van der Waals surface area contributed by atoms with Gasteiger partial charge in [-0.25, -0.2) is 0 Å². The average Bonchev–Trinajstić information content (AvgIpc) is 2.39. The van der Waals surface area contributed by atoms with E-state index in [4.69, 9.17) is 5.26 Å². The third-order valence-electron chi connectivity index (χ3n) is 2.84. The minimum atomic E-state index is 0.608. The van der Waals surface area contributed by atoms with E-state index in [1.807, 2.05) is 13.0 Å². The molecule has 0 aliphatic carbocycles. The molecule has 17 heavy (non-hydrogen) atoms. The fourth-order valence-electron chi connectivity index (χ4n) is 1.84. The highest BCUT2D eigenvalue weighted by atomic mass is 14.7. The summed E-state index contributed by atoms with van der Waals surface area (Å²) in [6.45, 7) is 4.12.